The molecular formula is C22H33N3O4. The molecule has 0 bridgehead atoms. The summed E-state index contributed by atoms with van der Waals surface area (Å²) >= 11 is 0. The van der Waals surface area contributed by atoms with Gasteiger partial charge in [-0.2, -0.15) is 0 Å². The largest absolute Gasteiger partial charge is 0.328 e. The van der Waals surface area contributed by atoms with Crippen molar-refractivity contribution in [3.63, 3.8) is 0 Å². The summed E-state index contributed by atoms with van der Waals surface area (Å²) in [5.41, 5.74) is 0.682. The van der Waals surface area contributed by atoms with Gasteiger partial charge in [0.05, 0.1) is 11.0 Å². The molecule has 2 atom stereocenters. The van der Waals surface area contributed by atoms with Crippen molar-refractivity contribution in [1.82, 2.24) is 10.2 Å². The Morgan fingerprint density at radius 2 is 1.72 bits per heavy atom. The third-order valence-corrected chi connectivity index (χ3v) is 4.66. The van der Waals surface area contributed by atoms with Crippen LogP contribution in [0.4, 0.5) is 5.69 Å². The van der Waals surface area contributed by atoms with Crippen LogP contribution < -0.4 is 5.32 Å². The number of nitro groups is 1. The van der Waals surface area contributed by atoms with Crippen LogP contribution in [0.5, 0.6) is 0 Å². The summed E-state index contributed by atoms with van der Waals surface area (Å²) in [6.07, 6.45) is 5.38. The first-order chi connectivity index (χ1) is 13.7. The maximum atomic E-state index is 13.0. The summed E-state index contributed by atoms with van der Waals surface area (Å²) < 4.78 is 0. The molecule has 0 saturated heterocycles. The van der Waals surface area contributed by atoms with Crippen LogP contribution in [-0.2, 0) is 9.59 Å². The van der Waals surface area contributed by atoms with Crippen molar-refractivity contribution in [2.24, 2.45) is 11.8 Å². The van der Waals surface area contributed by atoms with Crippen LogP contribution in [-0.4, -0.2) is 47.7 Å². The molecule has 0 aromatic heterocycles. The van der Waals surface area contributed by atoms with Crippen molar-refractivity contribution < 1.29 is 14.5 Å². The second kappa shape index (κ2) is 12.1. The highest BCUT2D eigenvalue weighted by Crippen LogP contribution is 2.16. The normalized spacial score (nSPS) is 13.6. The molecule has 1 aromatic rings. The van der Waals surface area contributed by atoms with E-state index in [4.69, 9.17) is 0 Å². The lowest BCUT2D eigenvalue weighted by atomic mass is 10.00. The molecule has 0 spiro atoms. The molecule has 1 aromatic carbocycles. The van der Waals surface area contributed by atoms with Gasteiger partial charge in [0.2, 0.25) is 5.91 Å². The molecule has 1 amide bonds. The van der Waals surface area contributed by atoms with E-state index < -0.39 is 11.0 Å². The Morgan fingerprint density at radius 3 is 2.17 bits per heavy atom. The van der Waals surface area contributed by atoms with E-state index in [0.29, 0.717) is 24.4 Å². The van der Waals surface area contributed by atoms with E-state index in [1.165, 1.54) is 18.2 Å². The van der Waals surface area contributed by atoms with Gasteiger partial charge >= 0.3 is 0 Å². The Morgan fingerprint density at radius 1 is 1.14 bits per heavy atom. The minimum Gasteiger partial charge on any atom is -0.328 e. The number of hydrogen-bond donors (Lipinski definition) is 1. The molecule has 1 rings (SSSR count). The molecule has 0 heterocycles. The summed E-state index contributed by atoms with van der Waals surface area (Å²) in [5, 5.41) is 14.0. The van der Waals surface area contributed by atoms with Gasteiger partial charge in [-0.25, -0.2) is 0 Å². The minimum absolute atomic E-state index is 0.00129. The van der Waals surface area contributed by atoms with Crippen LogP contribution in [0.15, 0.2) is 30.3 Å². The van der Waals surface area contributed by atoms with Gasteiger partial charge in [-0.1, -0.05) is 27.7 Å². The van der Waals surface area contributed by atoms with E-state index in [1.54, 1.807) is 23.1 Å². The zero-order valence-electron chi connectivity index (χ0n) is 18.0. The third-order valence-electron chi connectivity index (χ3n) is 4.66. The summed E-state index contributed by atoms with van der Waals surface area (Å²) in [7, 11) is 1.86. The molecule has 2 unspecified atom stereocenters. The number of carbonyl (C=O) groups excluding carboxylic acids is 2. The number of nitro benzene ring substituents is 1. The Kier molecular flexibility index (Phi) is 10.2. The first-order valence-electron chi connectivity index (χ1n) is 10.0. The van der Waals surface area contributed by atoms with Crippen LogP contribution in [0.3, 0.4) is 0 Å². The Balaban J connectivity index is 3.03. The summed E-state index contributed by atoms with van der Waals surface area (Å²) in [4.78, 5) is 36.6. The van der Waals surface area contributed by atoms with Gasteiger partial charge in [-0.05, 0) is 55.5 Å². The topological polar surface area (TPSA) is 92.6 Å². The number of nitrogens with one attached hydrogen (secondary N) is 1. The second-order valence-corrected chi connectivity index (χ2v) is 8.12. The van der Waals surface area contributed by atoms with Gasteiger partial charge in [0, 0.05) is 30.8 Å². The molecule has 0 aliphatic heterocycles. The number of carbonyl (C=O) groups is 2. The molecule has 0 aliphatic carbocycles. The van der Waals surface area contributed by atoms with Gasteiger partial charge in [0.25, 0.3) is 5.69 Å². The van der Waals surface area contributed by atoms with Crippen LogP contribution in [0.25, 0.3) is 6.08 Å². The molecule has 1 N–H and O–H groups in total. The highest BCUT2D eigenvalue weighted by atomic mass is 16.6. The highest BCUT2D eigenvalue weighted by Gasteiger charge is 2.25. The molecule has 160 valence electrons. The van der Waals surface area contributed by atoms with Crippen LogP contribution in [0, 0.1) is 22.0 Å². The SMILES string of the molecule is CNC(CC(C)C)CN(C(=O)/C=C/c1ccc([N+](=O)[O-])cc1)C(C=O)CC(C)C. The lowest BCUT2D eigenvalue weighted by molar-refractivity contribution is -0.384. The standard InChI is InChI=1S/C22H33N3O4/c1-16(2)12-19(23-5)14-24(21(15-26)13-17(3)4)22(27)11-8-18-6-9-20(10-7-18)25(28)29/h6-11,15-17,19,21,23H,12-14H2,1-5H3/b11-8+. The average molecular weight is 404 g/mol. The summed E-state index contributed by atoms with van der Waals surface area (Å²) in [6.45, 7) is 8.73. The first kappa shape index (κ1) is 24.5. The molecule has 0 fully saturated rings. The molecule has 0 saturated carbocycles. The Hall–Kier alpha value is -2.54. The fourth-order valence-corrected chi connectivity index (χ4v) is 3.19. The van der Waals surface area contributed by atoms with Crippen LogP contribution >= 0.6 is 0 Å². The van der Waals surface area contributed by atoms with Gasteiger partial charge in [-0.3, -0.25) is 14.9 Å². The average Bonchev–Trinajstić information content (AvgIpc) is 2.67. The predicted octanol–water partition coefficient (Wildman–Crippen LogP) is 3.68. The third kappa shape index (κ3) is 8.56. The number of likely N-dealkylation sites (N-methyl/N-ethyl adjacent to an activating group) is 1. The summed E-state index contributed by atoms with van der Waals surface area (Å²) in [6, 6.07) is 5.57. The van der Waals surface area contributed by atoms with Gasteiger partial charge < -0.3 is 15.0 Å². The van der Waals surface area contributed by atoms with E-state index in [0.717, 1.165) is 12.7 Å². The van der Waals surface area contributed by atoms with Crippen molar-refractivity contribution in [1.29, 1.82) is 0 Å². The van der Waals surface area contributed by atoms with E-state index in [-0.39, 0.29) is 23.6 Å². The first-order valence-corrected chi connectivity index (χ1v) is 10.0. The van der Waals surface area contributed by atoms with Gasteiger partial charge in [0.1, 0.15) is 6.29 Å². The molecule has 29 heavy (non-hydrogen) atoms. The zero-order valence-corrected chi connectivity index (χ0v) is 18.0. The molecule has 7 heteroatoms. The number of benzene rings is 1. The number of aldehydes is 1. The maximum Gasteiger partial charge on any atom is 0.269 e. The molecular weight excluding hydrogens is 370 g/mol. The minimum atomic E-state index is -0.493. The number of nitrogens with zero attached hydrogens (tertiary/aromatic N) is 2. The number of hydrogen-bond acceptors (Lipinski definition) is 5. The molecule has 7 nitrogen and oxygen atoms in total. The van der Waals surface area contributed by atoms with Crippen molar-refractivity contribution in [2.45, 2.75) is 52.6 Å². The van der Waals surface area contributed by atoms with E-state index in [9.17, 15) is 19.7 Å². The fraction of sp³-hybridized carbons (Fsp3) is 0.545. The van der Waals surface area contributed by atoms with Crippen molar-refractivity contribution >= 4 is 24.0 Å². The van der Waals surface area contributed by atoms with E-state index >= 15 is 0 Å². The Labute approximate surface area is 173 Å². The number of rotatable bonds is 12. The van der Waals surface area contributed by atoms with Gasteiger partial charge in [0.15, 0.2) is 0 Å². The lowest BCUT2D eigenvalue weighted by Crippen LogP contribution is -2.48. The highest BCUT2D eigenvalue weighted by molar-refractivity contribution is 5.93. The number of amides is 1. The van der Waals surface area contributed by atoms with E-state index in [2.05, 4.69) is 19.2 Å². The molecule has 0 aliphatic rings. The monoisotopic (exact) mass is 403 g/mol. The smallest absolute Gasteiger partial charge is 0.269 e. The van der Waals surface area contributed by atoms with Crippen molar-refractivity contribution in [3.05, 3.63) is 46.0 Å². The predicted molar refractivity (Wildman–Crippen MR) is 115 cm³/mol. The van der Waals surface area contributed by atoms with Crippen LogP contribution in [0.1, 0.15) is 46.1 Å². The summed E-state index contributed by atoms with van der Waals surface area (Å²) in [5.74, 6) is 0.488. The van der Waals surface area contributed by atoms with Crippen molar-refractivity contribution in [3.8, 4) is 0 Å². The fourth-order valence-electron chi connectivity index (χ4n) is 3.19. The van der Waals surface area contributed by atoms with Crippen molar-refractivity contribution in [2.75, 3.05) is 13.6 Å². The second-order valence-electron chi connectivity index (χ2n) is 8.12. The van der Waals surface area contributed by atoms with Crippen LogP contribution in [0.2, 0.25) is 0 Å². The Bertz CT molecular complexity index is 699. The maximum absolute atomic E-state index is 13.0. The zero-order chi connectivity index (χ0) is 22.0. The number of non-ortho nitro benzene ring substituents is 1. The van der Waals surface area contributed by atoms with E-state index in [1.807, 2.05) is 20.9 Å². The lowest BCUT2D eigenvalue weighted by Gasteiger charge is -2.32. The molecule has 0 radical (unpaired) electrons. The quantitative estimate of drug-likeness (QED) is 0.249. The van der Waals surface area contributed by atoms with Gasteiger partial charge in [-0.15, -0.1) is 0 Å².